The highest BCUT2D eigenvalue weighted by molar-refractivity contribution is 6.32. The molecule has 0 unspecified atom stereocenters. The van der Waals surface area contributed by atoms with Gasteiger partial charge in [0.2, 0.25) is 5.91 Å². The van der Waals surface area contributed by atoms with E-state index in [9.17, 15) is 4.79 Å². The smallest absolute Gasteiger partial charge is 0.242 e. The Morgan fingerprint density at radius 1 is 1.38 bits per heavy atom. The Morgan fingerprint density at radius 3 is 2.56 bits per heavy atom. The van der Waals surface area contributed by atoms with E-state index in [0.29, 0.717) is 17.2 Å². The monoisotopic (exact) mass is 243 g/mol. The van der Waals surface area contributed by atoms with Crippen LogP contribution in [0, 0.1) is 0 Å². The topological polar surface area (TPSA) is 47.6 Å². The summed E-state index contributed by atoms with van der Waals surface area (Å²) in [6.07, 6.45) is 0. The van der Waals surface area contributed by atoms with E-state index in [1.807, 2.05) is 0 Å². The number of rotatable bonds is 4. The van der Waals surface area contributed by atoms with Crippen molar-refractivity contribution in [2.75, 3.05) is 19.5 Å². The predicted molar refractivity (Wildman–Crippen MR) is 63.5 cm³/mol. The fourth-order valence-electron chi connectivity index (χ4n) is 1.13. The molecule has 16 heavy (non-hydrogen) atoms. The molecule has 5 heteroatoms. The maximum absolute atomic E-state index is 11.4. The molecule has 0 aliphatic carbocycles. The number of amides is 1. The van der Waals surface area contributed by atoms with E-state index in [4.69, 9.17) is 21.1 Å². The highest BCUT2D eigenvalue weighted by atomic mass is 35.5. The average Bonchev–Trinajstić information content (AvgIpc) is 2.29. The molecule has 0 aliphatic heterocycles. The number of nitrogens with one attached hydrogen (secondary N) is 1. The van der Waals surface area contributed by atoms with E-state index in [1.165, 1.54) is 7.11 Å². The molecule has 1 N–H and O–H groups in total. The van der Waals surface area contributed by atoms with Crippen LogP contribution in [0.25, 0.3) is 0 Å². The van der Waals surface area contributed by atoms with E-state index in [0.717, 1.165) is 0 Å². The van der Waals surface area contributed by atoms with Gasteiger partial charge in [-0.25, -0.2) is 0 Å². The zero-order valence-electron chi connectivity index (χ0n) is 9.41. The molecule has 1 aromatic rings. The van der Waals surface area contributed by atoms with Crippen LogP contribution in [-0.4, -0.2) is 25.5 Å². The molecule has 0 fully saturated rings. The molecule has 1 aromatic carbocycles. The zero-order chi connectivity index (χ0) is 12.1. The Bertz CT molecular complexity index is 379. The van der Waals surface area contributed by atoms with Crippen molar-refractivity contribution in [1.29, 1.82) is 0 Å². The summed E-state index contributed by atoms with van der Waals surface area (Å²) in [5, 5.41) is 2.07. The lowest BCUT2D eigenvalue weighted by molar-refractivity contribution is -0.115. The zero-order valence-corrected chi connectivity index (χ0v) is 10.2. The van der Waals surface area contributed by atoms with Crippen LogP contribution in [-0.2, 0) is 4.79 Å². The summed E-state index contributed by atoms with van der Waals surface area (Å²) in [5.74, 6) is 0.920. The lowest BCUT2D eigenvalue weighted by atomic mass is 10.2. The van der Waals surface area contributed by atoms with Gasteiger partial charge < -0.3 is 14.8 Å². The second kappa shape index (κ2) is 5.61. The van der Waals surface area contributed by atoms with Gasteiger partial charge in [-0.15, -0.1) is 11.6 Å². The first kappa shape index (κ1) is 12.6. The number of anilines is 1. The average molecular weight is 244 g/mol. The number of halogens is 1. The summed E-state index contributed by atoms with van der Waals surface area (Å²) >= 11 is 5.65. The van der Waals surface area contributed by atoms with Crippen LogP contribution in [0.4, 0.5) is 5.69 Å². The molecule has 0 aliphatic rings. The lowest BCUT2D eigenvalue weighted by Gasteiger charge is -2.12. The minimum Gasteiger partial charge on any atom is -0.497 e. The lowest BCUT2D eigenvalue weighted by Crippen LogP contribution is -2.20. The van der Waals surface area contributed by atoms with Crippen LogP contribution in [0.2, 0.25) is 0 Å². The van der Waals surface area contributed by atoms with Crippen LogP contribution < -0.4 is 14.8 Å². The van der Waals surface area contributed by atoms with Gasteiger partial charge in [-0.3, -0.25) is 4.79 Å². The molecular weight excluding hydrogens is 230 g/mol. The molecule has 1 rings (SSSR count). The molecular formula is C11H14ClNO3. The van der Waals surface area contributed by atoms with Gasteiger partial charge in [-0.05, 0) is 19.1 Å². The minimum absolute atomic E-state index is 0.273. The standard InChI is InChI=1S/C11H14ClNO3/c1-7(12)11(14)13-9-5-4-8(15-2)6-10(9)16-3/h4-7H,1-3H3,(H,13,14)/t7-/m1/s1. The number of benzene rings is 1. The number of hydrogen-bond acceptors (Lipinski definition) is 3. The first-order valence-electron chi connectivity index (χ1n) is 4.75. The third kappa shape index (κ3) is 3.03. The number of carbonyl (C=O) groups excluding carboxylic acids is 1. The van der Waals surface area contributed by atoms with Crippen molar-refractivity contribution >= 4 is 23.2 Å². The quantitative estimate of drug-likeness (QED) is 0.826. The minimum atomic E-state index is -0.591. The van der Waals surface area contributed by atoms with Gasteiger partial charge in [0, 0.05) is 6.07 Å². The number of carbonyl (C=O) groups is 1. The van der Waals surface area contributed by atoms with Gasteiger partial charge in [-0.2, -0.15) is 0 Å². The molecule has 88 valence electrons. The summed E-state index contributed by atoms with van der Waals surface area (Å²) in [6.45, 7) is 1.60. The van der Waals surface area contributed by atoms with E-state index < -0.39 is 5.38 Å². The van der Waals surface area contributed by atoms with E-state index in [1.54, 1.807) is 32.2 Å². The first-order valence-corrected chi connectivity index (χ1v) is 5.19. The molecule has 0 radical (unpaired) electrons. The third-order valence-electron chi connectivity index (χ3n) is 2.03. The molecule has 0 heterocycles. The third-order valence-corrected chi connectivity index (χ3v) is 2.23. The van der Waals surface area contributed by atoms with Crippen molar-refractivity contribution in [2.24, 2.45) is 0 Å². The van der Waals surface area contributed by atoms with Crippen molar-refractivity contribution in [3.8, 4) is 11.5 Å². The molecule has 1 atom stereocenters. The van der Waals surface area contributed by atoms with E-state index >= 15 is 0 Å². The molecule has 0 saturated heterocycles. The van der Waals surface area contributed by atoms with Gasteiger partial charge in [0.1, 0.15) is 16.9 Å². The summed E-state index contributed by atoms with van der Waals surface area (Å²) in [4.78, 5) is 11.4. The number of ether oxygens (including phenoxy) is 2. The second-order valence-corrected chi connectivity index (χ2v) is 3.83. The SMILES string of the molecule is COc1ccc(NC(=O)[C@@H](C)Cl)c(OC)c1. The molecule has 0 spiro atoms. The number of alkyl halides is 1. The normalized spacial score (nSPS) is 11.8. The molecule has 4 nitrogen and oxygen atoms in total. The van der Waals surface area contributed by atoms with Gasteiger partial charge in [0.25, 0.3) is 0 Å². The summed E-state index contributed by atoms with van der Waals surface area (Å²) in [7, 11) is 3.09. The van der Waals surface area contributed by atoms with Crippen molar-refractivity contribution in [1.82, 2.24) is 0 Å². The fourth-order valence-corrected chi connectivity index (χ4v) is 1.19. The largest absolute Gasteiger partial charge is 0.497 e. The van der Waals surface area contributed by atoms with Crippen LogP contribution >= 0.6 is 11.6 Å². The summed E-state index contributed by atoms with van der Waals surface area (Å²) in [6, 6.07) is 5.13. The Kier molecular flexibility index (Phi) is 4.43. The van der Waals surface area contributed by atoms with Crippen molar-refractivity contribution in [3.63, 3.8) is 0 Å². The van der Waals surface area contributed by atoms with Crippen molar-refractivity contribution < 1.29 is 14.3 Å². The molecule has 0 bridgehead atoms. The summed E-state index contributed by atoms with van der Waals surface area (Å²) < 4.78 is 10.2. The molecule has 0 saturated carbocycles. The Hall–Kier alpha value is -1.42. The number of hydrogen-bond donors (Lipinski definition) is 1. The Labute approximate surface area is 99.5 Å². The van der Waals surface area contributed by atoms with Crippen molar-refractivity contribution in [3.05, 3.63) is 18.2 Å². The molecule has 0 aromatic heterocycles. The van der Waals surface area contributed by atoms with Gasteiger partial charge in [0.05, 0.1) is 19.9 Å². The first-order chi connectivity index (χ1) is 7.58. The van der Waals surface area contributed by atoms with Crippen LogP contribution in [0.3, 0.4) is 0 Å². The highest BCUT2D eigenvalue weighted by Gasteiger charge is 2.12. The maximum Gasteiger partial charge on any atom is 0.242 e. The van der Waals surface area contributed by atoms with Gasteiger partial charge in [-0.1, -0.05) is 0 Å². The van der Waals surface area contributed by atoms with Crippen molar-refractivity contribution in [2.45, 2.75) is 12.3 Å². The number of methoxy groups -OCH3 is 2. The van der Waals surface area contributed by atoms with Crippen LogP contribution in [0.5, 0.6) is 11.5 Å². The Balaban J connectivity index is 2.91. The van der Waals surface area contributed by atoms with E-state index in [2.05, 4.69) is 5.32 Å². The highest BCUT2D eigenvalue weighted by Crippen LogP contribution is 2.29. The van der Waals surface area contributed by atoms with E-state index in [-0.39, 0.29) is 5.91 Å². The molecule has 1 amide bonds. The second-order valence-electron chi connectivity index (χ2n) is 3.17. The van der Waals surface area contributed by atoms with Crippen LogP contribution in [0.15, 0.2) is 18.2 Å². The van der Waals surface area contributed by atoms with Crippen LogP contribution in [0.1, 0.15) is 6.92 Å². The fraction of sp³-hybridized carbons (Fsp3) is 0.364. The Morgan fingerprint density at radius 2 is 2.06 bits per heavy atom. The van der Waals surface area contributed by atoms with Gasteiger partial charge in [0.15, 0.2) is 0 Å². The maximum atomic E-state index is 11.4. The summed E-state index contributed by atoms with van der Waals surface area (Å²) in [5.41, 5.74) is 0.570. The predicted octanol–water partition coefficient (Wildman–Crippen LogP) is 2.27. The van der Waals surface area contributed by atoms with Gasteiger partial charge >= 0.3 is 0 Å².